The Balaban J connectivity index is 1.52. The van der Waals surface area contributed by atoms with Crippen LogP contribution in [-0.4, -0.2) is 45.4 Å². The van der Waals surface area contributed by atoms with Gasteiger partial charge in [0.1, 0.15) is 16.1 Å². The number of piperazine rings is 1. The first-order valence-electron chi connectivity index (χ1n) is 9.85. The SMILES string of the molecule is O=C([C@H](NS(=O)(=O)c1cccs1)c1ccccc1)N1CCN(c2ccccc2F)CC1. The van der Waals surface area contributed by atoms with Gasteiger partial charge in [-0.25, -0.2) is 12.8 Å². The lowest BCUT2D eigenvalue weighted by Gasteiger charge is -2.37. The molecule has 1 amide bonds. The smallest absolute Gasteiger partial charge is 0.251 e. The third-order valence-electron chi connectivity index (χ3n) is 5.20. The molecule has 2 heterocycles. The van der Waals surface area contributed by atoms with Crippen LogP contribution in [0.4, 0.5) is 10.1 Å². The van der Waals surface area contributed by atoms with Crippen LogP contribution in [0.1, 0.15) is 11.6 Å². The molecule has 0 aliphatic carbocycles. The average molecular weight is 460 g/mol. The van der Waals surface area contributed by atoms with Crippen LogP contribution in [0.5, 0.6) is 0 Å². The van der Waals surface area contributed by atoms with Crippen LogP contribution >= 0.6 is 11.3 Å². The minimum atomic E-state index is -3.85. The number of nitrogens with one attached hydrogen (secondary N) is 1. The Labute approximate surface area is 185 Å². The van der Waals surface area contributed by atoms with Crippen molar-refractivity contribution in [1.82, 2.24) is 9.62 Å². The van der Waals surface area contributed by atoms with Gasteiger partial charge in [-0.2, -0.15) is 4.72 Å². The van der Waals surface area contributed by atoms with Gasteiger partial charge in [0.2, 0.25) is 5.91 Å². The van der Waals surface area contributed by atoms with E-state index in [2.05, 4.69) is 4.72 Å². The summed E-state index contributed by atoms with van der Waals surface area (Å²) in [5.41, 5.74) is 1.08. The van der Waals surface area contributed by atoms with E-state index in [1.807, 2.05) is 11.0 Å². The molecule has 1 fully saturated rings. The maximum atomic E-state index is 14.1. The second-order valence-corrected chi connectivity index (χ2v) is 10.0. The van der Waals surface area contributed by atoms with Crippen LogP contribution in [0, 0.1) is 5.82 Å². The van der Waals surface area contributed by atoms with Gasteiger partial charge in [-0.1, -0.05) is 48.5 Å². The molecule has 1 N–H and O–H groups in total. The number of hydrogen-bond acceptors (Lipinski definition) is 5. The van der Waals surface area contributed by atoms with Crippen LogP contribution in [-0.2, 0) is 14.8 Å². The summed E-state index contributed by atoms with van der Waals surface area (Å²) in [6.45, 7) is 1.67. The maximum absolute atomic E-state index is 14.1. The molecule has 0 spiro atoms. The summed E-state index contributed by atoms with van der Waals surface area (Å²) >= 11 is 1.10. The van der Waals surface area contributed by atoms with Crippen molar-refractivity contribution in [3.05, 3.63) is 83.5 Å². The zero-order chi connectivity index (χ0) is 21.8. The number of nitrogens with zero attached hydrogens (tertiary/aromatic N) is 2. The van der Waals surface area contributed by atoms with Crippen molar-refractivity contribution in [3.8, 4) is 0 Å². The number of sulfonamides is 1. The van der Waals surface area contributed by atoms with Crippen molar-refractivity contribution in [2.45, 2.75) is 10.3 Å². The van der Waals surface area contributed by atoms with Gasteiger partial charge in [0.05, 0.1) is 5.69 Å². The van der Waals surface area contributed by atoms with Crippen molar-refractivity contribution >= 4 is 33.0 Å². The first-order valence-corrected chi connectivity index (χ1v) is 12.2. The Morgan fingerprint density at radius 3 is 2.26 bits per heavy atom. The summed E-state index contributed by atoms with van der Waals surface area (Å²) in [5, 5.41) is 1.68. The summed E-state index contributed by atoms with van der Waals surface area (Å²) < 4.78 is 42.5. The van der Waals surface area contributed by atoms with E-state index in [0.29, 0.717) is 37.4 Å². The molecule has 4 rings (SSSR count). The minimum Gasteiger partial charge on any atom is -0.366 e. The van der Waals surface area contributed by atoms with E-state index in [9.17, 15) is 17.6 Å². The summed E-state index contributed by atoms with van der Waals surface area (Å²) in [7, 11) is -3.85. The second kappa shape index (κ2) is 9.17. The number of rotatable bonds is 6. The maximum Gasteiger partial charge on any atom is 0.251 e. The number of carbonyl (C=O) groups is 1. The molecule has 0 bridgehead atoms. The molecule has 1 aromatic heterocycles. The number of amides is 1. The van der Waals surface area contributed by atoms with Crippen LogP contribution in [0.25, 0.3) is 0 Å². The predicted octanol–water partition coefficient (Wildman–Crippen LogP) is 3.26. The van der Waals surface area contributed by atoms with Gasteiger partial charge in [-0.3, -0.25) is 4.79 Å². The largest absolute Gasteiger partial charge is 0.366 e. The third-order valence-corrected chi connectivity index (χ3v) is 8.02. The molecule has 6 nitrogen and oxygen atoms in total. The number of halogens is 1. The summed E-state index contributed by atoms with van der Waals surface area (Å²) in [6.07, 6.45) is 0. The van der Waals surface area contributed by atoms with Crippen LogP contribution in [0.2, 0.25) is 0 Å². The zero-order valence-corrected chi connectivity index (χ0v) is 18.3. The summed E-state index contributed by atoms with van der Waals surface area (Å²) in [6, 6.07) is 17.5. The summed E-state index contributed by atoms with van der Waals surface area (Å²) in [4.78, 5) is 16.9. The Bertz CT molecular complexity index is 1130. The van der Waals surface area contributed by atoms with Crippen LogP contribution in [0.15, 0.2) is 76.3 Å². The van der Waals surface area contributed by atoms with Gasteiger partial charge in [0, 0.05) is 26.2 Å². The highest BCUT2D eigenvalue weighted by molar-refractivity contribution is 7.91. The fraction of sp³-hybridized carbons (Fsp3) is 0.227. The van der Waals surface area contributed by atoms with Gasteiger partial charge < -0.3 is 9.80 Å². The predicted molar refractivity (Wildman–Crippen MR) is 119 cm³/mol. The number of carbonyl (C=O) groups excluding carboxylic acids is 1. The third kappa shape index (κ3) is 4.79. The lowest BCUT2D eigenvalue weighted by Crippen LogP contribution is -2.52. The molecule has 1 saturated heterocycles. The van der Waals surface area contributed by atoms with E-state index in [1.54, 1.807) is 58.8 Å². The first-order chi connectivity index (χ1) is 15.0. The number of para-hydroxylation sites is 1. The Hall–Kier alpha value is -2.75. The van der Waals surface area contributed by atoms with Crippen LogP contribution < -0.4 is 9.62 Å². The van der Waals surface area contributed by atoms with Crippen molar-refractivity contribution in [3.63, 3.8) is 0 Å². The first kappa shape index (κ1) is 21.5. The molecule has 31 heavy (non-hydrogen) atoms. The fourth-order valence-corrected chi connectivity index (χ4v) is 5.78. The lowest BCUT2D eigenvalue weighted by atomic mass is 10.1. The molecule has 0 unspecified atom stereocenters. The van der Waals surface area contributed by atoms with E-state index in [-0.39, 0.29) is 15.9 Å². The van der Waals surface area contributed by atoms with Crippen molar-refractivity contribution in [2.75, 3.05) is 31.1 Å². The van der Waals surface area contributed by atoms with Gasteiger partial charge in [0.25, 0.3) is 10.0 Å². The average Bonchev–Trinajstić information content (AvgIpc) is 3.34. The molecule has 3 aromatic rings. The molecule has 0 radical (unpaired) electrons. The minimum absolute atomic E-state index is 0.158. The fourth-order valence-electron chi connectivity index (χ4n) is 3.59. The Morgan fingerprint density at radius 1 is 0.935 bits per heavy atom. The molecule has 1 atom stereocenters. The van der Waals surface area contributed by atoms with Gasteiger partial charge in [-0.05, 0) is 29.1 Å². The number of hydrogen-bond donors (Lipinski definition) is 1. The van der Waals surface area contributed by atoms with E-state index in [0.717, 1.165) is 11.3 Å². The van der Waals surface area contributed by atoms with E-state index < -0.39 is 16.1 Å². The van der Waals surface area contributed by atoms with Gasteiger partial charge in [0.15, 0.2) is 0 Å². The topological polar surface area (TPSA) is 69.7 Å². The monoisotopic (exact) mass is 459 g/mol. The molecule has 2 aromatic carbocycles. The summed E-state index contributed by atoms with van der Waals surface area (Å²) in [5.74, 6) is -0.618. The molecule has 1 aliphatic rings. The molecular weight excluding hydrogens is 437 g/mol. The molecular formula is C22H22FN3O3S2. The highest BCUT2D eigenvalue weighted by atomic mass is 32.2. The van der Waals surface area contributed by atoms with E-state index >= 15 is 0 Å². The van der Waals surface area contributed by atoms with Crippen molar-refractivity contribution < 1.29 is 17.6 Å². The van der Waals surface area contributed by atoms with Crippen LogP contribution in [0.3, 0.4) is 0 Å². The second-order valence-electron chi connectivity index (χ2n) is 7.16. The number of thiophene rings is 1. The van der Waals surface area contributed by atoms with Gasteiger partial charge in [-0.15, -0.1) is 11.3 Å². The molecule has 0 saturated carbocycles. The highest BCUT2D eigenvalue weighted by Crippen LogP contribution is 2.24. The van der Waals surface area contributed by atoms with Crippen molar-refractivity contribution in [2.24, 2.45) is 0 Å². The quantitative estimate of drug-likeness (QED) is 0.614. The number of anilines is 1. The molecule has 162 valence electrons. The van der Waals surface area contributed by atoms with E-state index in [1.165, 1.54) is 12.1 Å². The highest BCUT2D eigenvalue weighted by Gasteiger charge is 2.32. The lowest BCUT2D eigenvalue weighted by molar-refractivity contribution is -0.133. The Morgan fingerprint density at radius 2 is 1.61 bits per heavy atom. The van der Waals surface area contributed by atoms with Gasteiger partial charge >= 0.3 is 0 Å². The molecule has 9 heteroatoms. The standard InChI is InChI=1S/C22H22FN3O3S2/c23-18-9-4-5-10-19(18)25-12-14-26(15-13-25)22(27)21(17-7-2-1-3-8-17)24-31(28,29)20-11-6-16-30-20/h1-11,16,21,24H,12-15H2/t21-/m1/s1. The molecule has 1 aliphatic heterocycles. The normalized spacial score (nSPS) is 15.6. The van der Waals surface area contributed by atoms with Crippen molar-refractivity contribution in [1.29, 1.82) is 0 Å². The Kier molecular flexibility index (Phi) is 6.35. The zero-order valence-electron chi connectivity index (χ0n) is 16.6. The van der Waals surface area contributed by atoms with E-state index in [4.69, 9.17) is 0 Å². The number of benzene rings is 2.